The van der Waals surface area contributed by atoms with Crippen LogP contribution in [0.3, 0.4) is 0 Å². The third-order valence-electron chi connectivity index (χ3n) is 3.27. The van der Waals surface area contributed by atoms with Crippen molar-refractivity contribution >= 4 is 5.91 Å². The molecule has 2 unspecified atom stereocenters. The van der Waals surface area contributed by atoms with Crippen molar-refractivity contribution in [2.45, 2.75) is 38.9 Å². The molecule has 4 nitrogen and oxygen atoms in total. The van der Waals surface area contributed by atoms with Crippen LogP contribution in [-0.2, 0) is 11.3 Å². The summed E-state index contributed by atoms with van der Waals surface area (Å²) in [5, 5.41) is 3.23. The van der Waals surface area contributed by atoms with E-state index in [0.29, 0.717) is 6.54 Å². The fourth-order valence-corrected chi connectivity index (χ4v) is 2.14. The fraction of sp³-hybridized carbons (Fsp3) is 0.538. The van der Waals surface area contributed by atoms with E-state index < -0.39 is 0 Å². The van der Waals surface area contributed by atoms with Crippen molar-refractivity contribution < 1.29 is 4.79 Å². The second-order valence-electron chi connectivity index (χ2n) is 4.64. The molecule has 0 bridgehead atoms. The van der Waals surface area contributed by atoms with E-state index in [1.807, 2.05) is 30.2 Å². The number of hydrogen-bond donors (Lipinski definition) is 1. The third kappa shape index (κ3) is 2.82. The number of amides is 1. The van der Waals surface area contributed by atoms with Gasteiger partial charge in [0.2, 0.25) is 5.91 Å². The number of rotatable bonds is 2. The molecule has 1 aliphatic rings. The van der Waals surface area contributed by atoms with Crippen molar-refractivity contribution in [2.75, 3.05) is 6.54 Å². The molecular weight excluding hydrogens is 214 g/mol. The molecule has 0 aromatic carbocycles. The summed E-state index contributed by atoms with van der Waals surface area (Å²) in [4.78, 5) is 18.2. The van der Waals surface area contributed by atoms with E-state index in [-0.39, 0.29) is 18.0 Å². The van der Waals surface area contributed by atoms with E-state index in [0.717, 1.165) is 18.5 Å². The minimum absolute atomic E-state index is 0.0865. The standard InChI is InChI=1S/C13H19N3O/c1-10-5-7-15-11(2)13(17)16(10)9-12-4-3-6-14-8-12/h3-4,6,8,10-11,15H,5,7,9H2,1-2H3. The maximum absolute atomic E-state index is 12.2. The van der Waals surface area contributed by atoms with E-state index in [1.54, 1.807) is 6.20 Å². The largest absolute Gasteiger partial charge is 0.334 e. The zero-order chi connectivity index (χ0) is 12.3. The Morgan fingerprint density at radius 3 is 3.06 bits per heavy atom. The van der Waals surface area contributed by atoms with Gasteiger partial charge >= 0.3 is 0 Å². The first kappa shape index (κ1) is 12.0. The van der Waals surface area contributed by atoms with E-state index in [4.69, 9.17) is 0 Å². The first-order chi connectivity index (χ1) is 8.18. The molecule has 4 heteroatoms. The maximum Gasteiger partial charge on any atom is 0.239 e. The lowest BCUT2D eigenvalue weighted by Gasteiger charge is -2.28. The highest BCUT2D eigenvalue weighted by atomic mass is 16.2. The average Bonchev–Trinajstić information content (AvgIpc) is 2.45. The number of carbonyl (C=O) groups is 1. The summed E-state index contributed by atoms with van der Waals surface area (Å²) in [6, 6.07) is 4.11. The topological polar surface area (TPSA) is 45.2 Å². The smallest absolute Gasteiger partial charge is 0.239 e. The van der Waals surface area contributed by atoms with Gasteiger partial charge in [0, 0.05) is 25.0 Å². The van der Waals surface area contributed by atoms with Gasteiger partial charge in [-0.15, -0.1) is 0 Å². The van der Waals surface area contributed by atoms with E-state index in [9.17, 15) is 4.79 Å². The van der Waals surface area contributed by atoms with Gasteiger partial charge in [-0.05, 0) is 38.4 Å². The average molecular weight is 233 g/mol. The van der Waals surface area contributed by atoms with Crippen LogP contribution in [0.5, 0.6) is 0 Å². The minimum atomic E-state index is -0.0865. The van der Waals surface area contributed by atoms with Crippen LogP contribution in [0.1, 0.15) is 25.8 Å². The van der Waals surface area contributed by atoms with Crippen molar-refractivity contribution in [3.63, 3.8) is 0 Å². The fourth-order valence-electron chi connectivity index (χ4n) is 2.14. The summed E-state index contributed by atoms with van der Waals surface area (Å²) in [6.45, 7) is 5.59. The molecule has 1 aromatic heterocycles. The number of nitrogens with zero attached hydrogens (tertiary/aromatic N) is 2. The van der Waals surface area contributed by atoms with E-state index >= 15 is 0 Å². The lowest BCUT2D eigenvalue weighted by atomic mass is 10.1. The summed E-state index contributed by atoms with van der Waals surface area (Å²) >= 11 is 0. The van der Waals surface area contributed by atoms with Crippen LogP contribution in [0.2, 0.25) is 0 Å². The van der Waals surface area contributed by atoms with Gasteiger partial charge in [-0.2, -0.15) is 0 Å². The zero-order valence-electron chi connectivity index (χ0n) is 10.4. The predicted molar refractivity (Wildman–Crippen MR) is 66.3 cm³/mol. The van der Waals surface area contributed by atoms with Gasteiger partial charge < -0.3 is 10.2 Å². The molecule has 0 saturated carbocycles. The Bertz CT molecular complexity index is 380. The van der Waals surface area contributed by atoms with Crippen molar-refractivity contribution in [3.05, 3.63) is 30.1 Å². The monoisotopic (exact) mass is 233 g/mol. The van der Waals surface area contributed by atoms with E-state index in [2.05, 4.69) is 17.2 Å². The van der Waals surface area contributed by atoms with Gasteiger partial charge in [0.05, 0.1) is 6.04 Å². The van der Waals surface area contributed by atoms with Gasteiger partial charge in [0.1, 0.15) is 0 Å². The second-order valence-corrected chi connectivity index (χ2v) is 4.64. The second kappa shape index (κ2) is 5.27. The van der Waals surface area contributed by atoms with Crippen molar-refractivity contribution in [1.82, 2.24) is 15.2 Å². The molecule has 2 heterocycles. The molecule has 1 saturated heterocycles. The third-order valence-corrected chi connectivity index (χ3v) is 3.27. The van der Waals surface area contributed by atoms with Gasteiger partial charge in [0.15, 0.2) is 0 Å². The van der Waals surface area contributed by atoms with Crippen LogP contribution >= 0.6 is 0 Å². The molecule has 1 N–H and O–H groups in total. The predicted octanol–water partition coefficient (Wildman–Crippen LogP) is 1.18. The quantitative estimate of drug-likeness (QED) is 0.834. The summed E-state index contributed by atoms with van der Waals surface area (Å²) in [5.41, 5.74) is 1.09. The molecule has 2 rings (SSSR count). The molecule has 1 aromatic rings. The molecule has 17 heavy (non-hydrogen) atoms. The van der Waals surface area contributed by atoms with Crippen LogP contribution in [0, 0.1) is 0 Å². The van der Waals surface area contributed by atoms with Crippen LogP contribution in [-0.4, -0.2) is 34.4 Å². The Morgan fingerprint density at radius 2 is 2.35 bits per heavy atom. The van der Waals surface area contributed by atoms with Crippen LogP contribution in [0.25, 0.3) is 0 Å². The molecule has 0 spiro atoms. The lowest BCUT2D eigenvalue weighted by Crippen LogP contribution is -2.43. The van der Waals surface area contributed by atoms with Crippen LogP contribution < -0.4 is 5.32 Å². The Morgan fingerprint density at radius 1 is 1.53 bits per heavy atom. The summed E-state index contributed by atoms with van der Waals surface area (Å²) in [6.07, 6.45) is 4.57. The first-order valence-electron chi connectivity index (χ1n) is 6.11. The van der Waals surface area contributed by atoms with Crippen molar-refractivity contribution in [2.24, 2.45) is 0 Å². The van der Waals surface area contributed by atoms with Gasteiger partial charge in [-0.25, -0.2) is 0 Å². The minimum Gasteiger partial charge on any atom is -0.334 e. The number of nitrogens with one attached hydrogen (secondary N) is 1. The number of aromatic nitrogens is 1. The Labute approximate surface area is 102 Å². The van der Waals surface area contributed by atoms with Crippen molar-refractivity contribution in [3.8, 4) is 0 Å². The SMILES string of the molecule is CC1NCCC(C)N(Cc2cccnc2)C1=O. The summed E-state index contributed by atoms with van der Waals surface area (Å²) < 4.78 is 0. The number of carbonyl (C=O) groups excluding carboxylic acids is 1. The molecule has 92 valence electrons. The lowest BCUT2D eigenvalue weighted by molar-refractivity contribution is -0.134. The van der Waals surface area contributed by atoms with Crippen LogP contribution in [0.15, 0.2) is 24.5 Å². The zero-order valence-corrected chi connectivity index (χ0v) is 10.4. The Balaban J connectivity index is 2.13. The summed E-state index contributed by atoms with van der Waals surface area (Å²) in [5.74, 6) is 0.179. The van der Waals surface area contributed by atoms with Gasteiger partial charge in [-0.3, -0.25) is 9.78 Å². The molecule has 0 radical (unpaired) electrons. The Kier molecular flexibility index (Phi) is 3.74. The molecule has 1 amide bonds. The molecule has 0 aliphatic carbocycles. The molecular formula is C13H19N3O. The normalized spacial score (nSPS) is 25.8. The number of pyridine rings is 1. The van der Waals surface area contributed by atoms with Gasteiger partial charge in [0.25, 0.3) is 0 Å². The molecule has 1 aliphatic heterocycles. The highest BCUT2D eigenvalue weighted by Gasteiger charge is 2.27. The van der Waals surface area contributed by atoms with E-state index in [1.165, 1.54) is 0 Å². The van der Waals surface area contributed by atoms with Crippen LogP contribution in [0.4, 0.5) is 0 Å². The first-order valence-corrected chi connectivity index (χ1v) is 6.11. The number of hydrogen-bond acceptors (Lipinski definition) is 3. The summed E-state index contributed by atoms with van der Waals surface area (Å²) in [7, 11) is 0. The maximum atomic E-state index is 12.2. The highest BCUT2D eigenvalue weighted by molar-refractivity contribution is 5.82. The molecule has 1 fully saturated rings. The Hall–Kier alpha value is -1.42. The van der Waals surface area contributed by atoms with Gasteiger partial charge in [-0.1, -0.05) is 6.07 Å². The molecule has 2 atom stereocenters. The van der Waals surface area contributed by atoms with Crippen molar-refractivity contribution in [1.29, 1.82) is 0 Å². The highest BCUT2D eigenvalue weighted by Crippen LogP contribution is 2.14.